The van der Waals surface area contributed by atoms with Gasteiger partial charge in [-0.2, -0.15) is 0 Å². The van der Waals surface area contributed by atoms with Crippen LogP contribution in [0, 0.1) is 0 Å². The number of hydrogen-bond donors (Lipinski definition) is 3. The van der Waals surface area contributed by atoms with Gasteiger partial charge in [0, 0.05) is 32.4 Å². The van der Waals surface area contributed by atoms with E-state index in [-0.39, 0.29) is 17.4 Å². The summed E-state index contributed by atoms with van der Waals surface area (Å²) in [6.07, 6.45) is 0. The fraction of sp³-hybridized carbons (Fsp3) is 0.125. The van der Waals surface area contributed by atoms with Gasteiger partial charge in [0.15, 0.2) is 19.8 Å². The Morgan fingerprint density at radius 3 is 0.900 bits per heavy atom. The van der Waals surface area contributed by atoms with Crippen LogP contribution in [0.2, 0.25) is 30.1 Å². The number of carboxylic acids is 3. The molecule has 0 amide bonds. The normalized spacial score (nSPS) is 9.45. The molecule has 0 aromatic heterocycles. The fourth-order valence-corrected chi connectivity index (χ4v) is 3.58. The Morgan fingerprint density at radius 1 is 0.500 bits per heavy atom. The van der Waals surface area contributed by atoms with Gasteiger partial charge in [-0.05, 0) is 54.6 Å². The molecule has 40 heavy (non-hydrogen) atoms. The molecule has 0 saturated heterocycles. The van der Waals surface area contributed by atoms with Crippen molar-refractivity contribution in [2.75, 3.05) is 19.8 Å². The van der Waals surface area contributed by atoms with E-state index in [0.29, 0.717) is 47.4 Å². The molecule has 0 fully saturated rings. The summed E-state index contributed by atoms with van der Waals surface area (Å²) in [6.45, 7) is -1.25. The van der Waals surface area contributed by atoms with E-state index < -0.39 is 37.7 Å². The molecule has 0 heterocycles. The van der Waals surface area contributed by atoms with Crippen molar-refractivity contribution in [2.45, 2.75) is 0 Å². The van der Waals surface area contributed by atoms with Crippen molar-refractivity contribution in [3.63, 3.8) is 0 Å². The SMILES string of the molecule is O=C(O)COc1ccc(Cl)cc1Cl.O=C(O)COc1ccc(Cl)cc1Cl.O=C(O)COc1ccc(Cl)cc1Cl.[Cr]. The molecule has 0 radical (unpaired) electrons. The third-order valence-corrected chi connectivity index (χ3v) is 5.33. The summed E-state index contributed by atoms with van der Waals surface area (Å²) in [5.41, 5.74) is 0. The number of hydrogen-bond acceptors (Lipinski definition) is 6. The molecule has 0 saturated carbocycles. The van der Waals surface area contributed by atoms with E-state index in [9.17, 15) is 14.4 Å². The molecule has 3 aromatic rings. The van der Waals surface area contributed by atoms with Gasteiger partial charge in [0.1, 0.15) is 17.2 Å². The second-order valence-electron chi connectivity index (χ2n) is 6.77. The van der Waals surface area contributed by atoms with Crippen LogP contribution in [-0.4, -0.2) is 53.0 Å². The van der Waals surface area contributed by atoms with E-state index >= 15 is 0 Å². The molecule has 16 heteroatoms. The monoisotopic (exact) mass is 712 g/mol. The van der Waals surface area contributed by atoms with Crippen molar-refractivity contribution >= 4 is 87.5 Å². The van der Waals surface area contributed by atoms with Gasteiger partial charge in [-0.1, -0.05) is 69.6 Å². The number of carboxylic acid groups (broad SMARTS) is 3. The van der Waals surface area contributed by atoms with Crippen LogP contribution in [0.25, 0.3) is 0 Å². The van der Waals surface area contributed by atoms with Crippen LogP contribution in [-0.2, 0) is 31.7 Å². The molecule has 3 rings (SSSR count). The molecule has 0 aliphatic carbocycles. The second kappa shape index (κ2) is 19.8. The van der Waals surface area contributed by atoms with Crippen LogP contribution < -0.4 is 14.2 Å². The summed E-state index contributed by atoms with van der Waals surface area (Å²) in [5.74, 6) is -2.21. The first-order valence-corrected chi connectivity index (χ1v) is 12.4. The molecular formula is C24H18Cl6CrO9. The Hall–Kier alpha value is -2.26. The topological polar surface area (TPSA) is 140 Å². The van der Waals surface area contributed by atoms with Gasteiger partial charge in [-0.3, -0.25) is 0 Å². The zero-order valence-corrected chi connectivity index (χ0v) is 25.6. The Balaban J connectivity index is 0.000000563. The van der Waals surface area contributed by atoms with Crippen molar-refractivity contribution in [2.24, 2.45) is 0 Å². The molecule has 9 nitrogen and oxygen atoms in total. The Kier molecular flexibility index (Phi) is 18.6. The van der Waals surface area contributed by atoms with Gasteiger partial charge in [-0.15, -0.1) is 0 Å². The first-order valence-electron chi connectivity index (χ1n) is 10.2. The Labute approximate surface area is 269 Å². The van der Waals surface area contributed by atoms with Gasteiger partial charge in [0.25, 0.3) is 0 Å². The molecule has 0 unspecified atom stereocenters. The van der Waals surface area contributed by atoms with E-state index in [0.717, 1.165) is 0 Å². The van der Waals surface area contributed by atoms with Crippen LogP contribution >= 0.6 is 69.6 Å². The molecule has 3 N–H and O–H groups in total. The predicted octanol–water partition coefficient (Wildman–Crippen LogP) is 7.37. The van der Waals surface area contributed by atoms with E-state index in [1.165, 1.54) is 36.4 Å². The minimum Gasteiger partial charge on any atom is -0.480 e. The molecule has 0 aliphatic rings. The van der Waals surface area contributed by atoms with E-state index in [1.807, 2.05) is 0 Å². The maximum absolute atomic E-state index is 10.2. The Morgan fingerprint density at radius 2 is 0.725 bits per heavy atom. The number of ether oxygens (including phenoxy) is 3. The number of aliphatic carboxylic acids is 3. The first kappa shape index (κ1) is 37.7. The average Bonchev–Trinajstić information content (AvgIpc) is 2.83. The van der Waals surface area contributed by atoms with E-state index in [1.54, 1.807) is 18.2 Å². The second-order valence-corrected chi connectivity index (χ2v) is 9.30. The summed E-state index contributed by atoms with van der Waals surface area (Å²) in [4.78, 5) is 30.5. The molecular weight excluding hydrogens is 697 g/mol. The molecule has 0 aliphatic heterocycles. The van der Waals surface area contributed by atoms with Crippen LogP contribution in [0.1, 0.15) is 0 Å². The molecule has 216 valence electrons. The van der Waals surface area contributed by atoms with E-state index in [4.69, 9.17) is 99.1 Å². The summed E-state index contributed by atoms with van der Waals surface area (Å²) in [5, 5.41) is 27.3. The van der Waals surface area contributed by atoms with Crippen LogP contribution in [0.5, 0.6) is 17.2 Å². The van der Waals surface area contributed by atoms with Crippen LogP contribution in [0.4, 0.5) is 0 Å². The van der Waals surface area contributed by atoms with Crippen molar-refractivity contribution in [1.29, 1.82) is 0 Å². The third kappa shape index (κ3) is 16.1. The number of halogens is 6. The quantitative estimate of drug-likeness (QED) is 0.207. The van der Waals surface area contributed by atoms with Crippen molar-refractivity contribution in [3.8, 4) is 17.2 Å². The summed E-state index contributed by atoms with van der Waals surface area (Å²) < 4.78 is 14.6. The standard InChI is InChI=1S/3C8H6Cl2O3.Cr/c3*9-5-1-2-7(6(10)3-5)13-4-8(11)12;/h3*1-3H,4H2,(H,11,12);. The number of rotatable bonds is 9. The van der Waals surface area contributed by atoms with Gasteiger partial charge >= 0.3 is 17.9 Å². The largest absolute Gasteiger partial charge is 0.480 e. The van der Waals surface area contributed by atoms with Gasteiger partial charge < -0.3 is 29.5 Å². The summed E-state index contributed by atoms with van der Waals surface area (Å²) in [6, 6.07) is 13.7. The molecule has 0 bridgehead atoms. The average molecular weight is 715 g/mol. The maximum atomic E-state index is 10.2. The van der Waals surface area contributed by atoms with Crippen molar-refractivity contribution in [1.82, 2.24) is 0 Å². The van der Waals surface area contributed by atoms with Gasteiger partial charge in [0.05, 0.1) is 15.1 Å². The molecule has 0 spiro atoms. The Bertz CT molecular complexity index is 1140. The smallest absolute Gasteiger partial charge is 0.341 e. The molecule has 0 atom stereocenters. The van der Waals surface area contributed by atoms with Crippen molar-refractivity contribution in [3.05, 3.63) is 84.7 Å². The molecule has 3 aromatic carbocycles. The third-order valence-electron chi connectivity index (χ3n) is 3.74. The number of benzene rings is 3. The first-order chi connectivity index (χ1) is 18.3. The number of carbonyl (C=O) groups is 3. The predicted molar refractivity (Wildman–Crippen MR) is 149 cm³/mol. The van der Waals surface area contributed by atoms with Gasteiger partial charge in [0.2, 0.25) is 0 Å². The summed E-state index contributed by atoms with van der Waals surface area (Å²) >= 11 is 34.0. The minimum absolute atomic E-state index is 0. The van der Waals surface area contributed by atoms with Crippen LogP contribution in [0.15, 0.2) is 54.6 Å². The maximum Gasteiger partial charge on any atom is 0.341 e. The summed E-state index contributed by atoms with van der Waals surface area (Å²) in [7, 11) is 0. The zero-order chi connectivity index (χ0) is 29.5. The minimum atomic E-state index is -1.05. The fourth-order valence-electron chi connectivity index (χ4n) is 2.20. The van der Waals surface area contributed by atoms with E-state index in [2.05, 4.69) is 0 Å². The van der Waals surface area contributed by atoms with Crippen molar-refractivity contribution < 1.29 is 61.3 Å². The van der Waals surface area contributed by atoms with Gasteiger partial charge in [-0.25, -0.2) is 14.4 Å². The van der Waals surface area contributed by atoms with Crippen LogP contribution in [0.3, 0.4) is 0 Å². The zero-order valence-electron chi connectivity index (χ0n) is 19.8.